The molecule has 0 heterocycles. The number of anilines is 1. The third kappa shape index (κ3) is 2.86. The van der Waals surface area contributed by atoms with Gasteiger partial charge in [0.1, 0.15) is 0 Å². The van der Waals surface area contributed by atoms with Crippen molar-refractivity contribution in [1.29, 1.82) is 0 Å². The maximum atomic E-state index is 4.11. The highest BCUT2D eigenvalue weighted by Gasteiger charge is 2.19. The third-order valence-corrected chi connectivity index (χ3v) is 4.96. The summed E-state index contributed by atoms with van der Waals surface area (Å²) in [4.78, 5) is 0. The molecule has 1 aliphatic rings. The fraction of sp³-hybridized carbons (Fsp3) is 0.120. The topological polar surface area (TPSA) is 12.0 Å². The van der Waals surface area contributed by atoms with E-state index in [0.717, 1.165) is 23.0 Å². The molecule has 1 nitrogen and oxygen atoms in total. The molecular weight excluding hydrogens is 314 g/mol. The molecular formula is C25H23N. The Labute approximate surface area is 155 Å². The van der Waals surface area contributed by atoms with Crippen LogP contribution in [-0.4, -0.2) is 0 Å². The van der Waals surface area contributed by atoms with Crippen LogP contribution in [0.5, 0.6) is 0 Å². The van der Waals surface area contributed by atoms with Gasteiger partial charge >= 0.3 is 0 Å². The second kappa shape index (κ2) is 6.34. The molecule has 0 saturated heterocycles. The quantitative estimate of drug-likeness (QED) is 0.580. The molecule has 0 atom stereocenters. The summed E-state index contributed by atoms with van der Waals surface area (Å²) in [6.07, 6.45) is 0.965. The molecule has 1 aliphatic carbocycles. The highest BCUT2D eigenvalue weighted by molar-refractivity contribution is 5.85. The van der Waals surface area contributed by atoms with Gasteiger partial charge in [0.2, 0.25) is 0 Å². The van der Waals surface area contributed by atoms with E-state index in [0.29, 0.717) is 0 Å². The summed E-state index contributed by atoms with van der Waals surface area (Å²) in [6, 6.07) is 21.8. The van der Waals surface area contributed by atoms with Crippen molar-refractivity contribution >= 4 is 17.8 Å². The van der Waals surface area contributed by atoms with Crippen LogP contribution in [0.4, 0.5) is 5.69 Å². The van der Waals surface area contributed by atoms with Gasteiger partial charge in [-0.05, 0) is 76.2 Å². The summed E-state index contributed by atoms with van der Waals surface area (Å²) in [5.41, 5.74) is 9.95. The zero-order valence-corrected chi connectivity index (χ0v) is 15.4. The second-order valence-electron chi connectivity index (χ2n) is 7.14. The summed E-state index contributed by atoms with van der Waals surface area (Å²) in [7, 11) is 0. The van der Waals surface area contributed by atoms with Crippen LogP contribution in [0.1, 0.15) is 34.7 Å². The lowest BCUT2D eigenvalue weighted by Crippen LogP contribution is -2.23. The highest BCUT2D eigenvalue weighted by atomic mass is 14.9. The monoisotopic (exact) mass is 337 g/mol. The molecule has 26 heavy (non-hydrogen) atoms. The van der Waals surface area contributed by atoms with Crippen LogP contribution < -0.4 is 15.8 Å². The average molecular weight is 337 g/mol. The standard InChI is InChI=1S/C25H23N/c1-16(2)26-21-10-12-22(18(4)14-21)25-23-8-6-5-7-19(23)15-20-13-17(3)9-11-24(20)25/h5-14,26H,1,3,15H2,2,4H3. The fourth-order valence-corrected chi connectivity index (χ4v) is 3.86. The van der Waals surface area contributed by atoms with Gasteiger partial charge in [0, 0.05) is 11.4 Å². The summed E-state index contributed by atoms with van der Waals surface area (Å²) in [5.74, 6) is 0. The molecule has 0 saturated carbocycles. The van der Waals surface area contributed by atoms with E-state index in [1.807, 2.05) is 6.92 Å². The van der Waals surface area contributed by atoms with E-state index in [1.54, 1.807) is 0 Å². The molecule has 1 heteroatoms. The first-order valence-corrected chi connectivity index (χ1v) is 8.97. The molecule has 0 unspecified atom stereocenters. The van der Waals surface area contributed by atoms with E-state index in [-0.39, 0.29) is 0 Å². The van der Waals surface area contributed by atoms with Crippen molar-refractivity contribution in [3.63, 3.8) is 0 Å². The lowest BCUT2D eigenvalue weighted by atomic mass is 9.82. The van der Waals surface area contributed by atoms with Crippen LogP contribution in [0.2, 0.25) is 0 Å². The Hall–Kier alpha value is -3.06. The number of benzene rings is 3. The molecule has 4 rings (SSSR count). The van der Waals surface area contributed by atoms with Gasteiger partial charge in [0.05, 0.1) is 0 Å². The summed E-state index contributed by atoms with van der Waals surface area (Å²) in [6.45, 7) is 12.2. The van der Waals surface area contributed by atoms with Crippen molar-refractivity contribution in [3.05, 3.63) is 111 Å². The second-order valence-corrected chi connectivity index (χ2v) is 7.14. The Balaban J connectivity index is 2.00. The molecule has 0 aromatic heterocycles. The van der Waals surface area contributed by atoms with Crippen molar-refractivity contribution in [2.75, 3.05) is 5.32 Å². The normalized spacial score (nSPS) is 12.3. The molecule has 3 aromatic rings. The van der Waals surface area contributed by atoms with Crippen molar-refractivity contribution in [1.82, 2.24) is 0 Å². The van der Waals surface area contributed by atoms with Crippen LogP contribution in [0.25, 0.3) is 12.2 Å². The number of fused-ring (bicyclic) bond motifs is 2. The van der Waals surface area contributed by atoms with E-state index in [1.165, 1.54) is 38.6 Å². The Bertz CT molecular complexity index is 1140. The minimum absolute atomic E-state index is 0.945. The lowest BCUT2D eigenvalue weighted by molar-refractivity contribution is 1.12. The molecule has 0 bridgehead atoms. The first kappa shape index (κ1) is 16.4. The first-order valence-electron chi connectivity index (χ1n) is 8.97. The van der Waals surface area contributed by atoms with Gasteiger partial charge in [-0.3, -0.25) is 0 Å². The van der Waals surface area contributed by atoms with Gasteiger partial charge in [-0.15, -0.1) is 0 Å². The molecule has 0 fully saturated rings. The number of nitrogens with one attached hydrogen (secondary N) is 1. The Morgan fingerprint density at radius 2 is 1.73 bits per heavy atom. The third-order valence-electron chi connectivity index (χ3n) is 4.96. The highest BCUT2D eigenvalue weighted by Crippen LogP contribution is 2.31. The van der Waals surface area contributed by atoms with Gasteiger partial charge in [-0.2, -0.15) is 0 Å². The molecule has 0 aliphatic heterocycles. The number of hydrogen-bond acceptors (Lipinski definition) is 1. The maximum Gasteiger partial charge on any atom is 0.0384 e. The van der Waals surface area contributed by atoms with Crippen LogP contribution in [-0.2, 0) is 6.42 Å². The Morgan fingerprint density at radius 1 is 0.923 bits per heavy atom. The molecule has 3 aromatic carbocycles. The number of hydrogen-bond donors (Lipinski definition) is 1. The van der Waals surface area contributed by atoms with E-state index >= 15 is 0 Å². The van der Waals surface area contributed by atoms with E-state index in [9.17, 15) is 0 Å². The molecule has 1 N–H and O–H groups in total. The van der Waals surface area contributed by atoms with Gasteiger partial charge in [0.15, 0.2) is 0 Å². The zero-order valence-electron chi connectivity index (χ0n) is 15.4. The SMILES string of the molecule is C=C(C)Nc1ccc(C2=c3ccc(=C)cc3Cc3ccccc32)c(C)c1. The molecule has 128 valence electrons. The first-order chi connectivity index (χ1) is 12.5. The van der Waals surface area contributed by atoms with Crippen LogP contribution in [0, 0.1) is 6.92 Å². The maximum absolute atomic E-state index is 4.11. The number of allylic oxidation sites excluding steroid dienone is 1. The smallest absolute Gasteiger partial charge is 0.0384 e. The number of aryl methyl sites for hydroxylation is 1. The van der Waals surface area contributed by atoms with Crippen molar-refractivity contribution < 1.29 is 0 Å². The van der Waals surface area contributed by atoms with Gasteiger partial charge in [-0.25, -0.2) is 0 Å². The molecule has 0 amide bonds. The Morgan fingerprint density at radius 3 is 2.50 bits per heavy atom. The van der Waals surface area contributed by atoms with Crippen LogP contribution in [0.3, 0.4) is 0 Å². The minimum atomic E-state index is 0.945. The minimum Gasteiger partial charge on any atom is -0.360 e. The van der Waals surface area contributed by atoms with Crippen molar-refractivity contribution in [2.24, 2.45) is 0 Å². The van der Waals surface area contributed by atoms with Crippen LogP contribution >= 0.6 is 0 Å². The van der Waals surface area contributed by atoms with Crippen molar-refractivity contribution in [2.45, 2.75) is 20.3 Å². The van der Waals surface area contributed by atoms with Gasteiger partial charge in [-0.1, -0.05) is 61.7 Å². The lowest BCUT2D eigenvalue weighted by Gasteiger charge is -2.22. The predicted octanol–water partition coefficient (Wildman–Crippen LogP) is 4.50. The van der Waals surface area contributed by atoms with E-state index in [2.05, 4.69) is 86.1 Å². The average Bonchev–Trinajstić information content (AvgIpc) is 2.59. The summed E-state index contributed by atoms with van der Waals surface area (Å²) >= 11 is 0. The predicted molar refractivity (Wildman–Crippen MR) is 112 cm³/mol. The largest absolute Gasteiger partial charge is 0.360 e. The van der Waals surface area contributed by atoms with E-state index in [4.69, 9.17) is 0 Å². The summed E-state index contributed by atoms with van der Waals surface area (Å²) < 4.78 is 0. The van der Waals surface area contributed by atoms with Gasteiger partial charge < -0.3 is 5.32 Å². The molecule has 0 spiro atoms. The van der Waals surface area contributed by atoms with Gasteiger partial charge in [0.25, 0.3) is 0 Å². The van der Waals surface area contributed by atoms with E-state index < -0.39 is 0 Å². The number of rotatable bonds is 3. The summed E-state index contributed by atoms with van der Waals surface area (Å²) in [5, 5.41) is 5.70. The van der Waals surface area contributed by atoms with Crippen molar-refractivity contribution in [3.8, 4) is 0 Å². The molecule has 0 radical (unpaired) electrons. The van der Waals surface area contributed by atoms with Crippen LogP contribution in [0.15, 0.2) is 72.9 Å². The Kier molecular flexibility index (Phi) is 4.00. The fourth-order valence-electron chi connectivity index (χ4n) is 3.86. The zero-order chi connectivity index (χ0) is 18.3.